The molecule has 0 aliphatic carbocycles. The summed E-state index contributed by atoms with van der Waals surface area (Å²) in [5.74, 6) is 2.66. The van der Waals surface area contributed by atoms with E-state index in [1.54, 1.807) is 35.3 Å². The normalized spacial score (nSPS) is 12.6. The van der Waals surface area contributed by atoms with Gasteiger partial charge >= 0.3 is 0 Å². The quantitative estimate of drug-likeness (QED) is 0.348. The van der Waals surface area contributed by atoms with E-state index in [9.17, 15) is 4.39 Å². The second-order valence-electron chi connectivity index (χ2n) is 8.49. The first kappa shape index (κ1) is 22.3. The lowest BCUT2D eigenvalue weighted by atomic mass is 10.1. The predicted molar refractivity (Wildman–Crippen MR) is 134 cm³/mol. The first-order chi connectivity index (χ1) is 17.6. The Labute approximate surface area is 211 Å². The van der Waals surface area contributed by atoms with Gasteiger partial charge < -0.3 is 19.2 Å². The Bertz CT molecular complexity index is 1560. The number of pyridine rings is 1. The maximum atomic E-state index is 14.0. The minimum atomic E-state index is -0.405. The molecular weight excluding hydrogens is 483 g/mol. The number of nitrogens with zero attached hydrogens (tertiary/aromatic N) is 7. The number of fused-ring (bicyclic) bond motifs is 3. The van der Waals surface area contributed by atoms with Gasteiger partial charge in [0.1, 0.15) is 18.2 Å². The van der Waals surface area contributed by atoms with E-state index in [2.05, 4.69) is 42.4 Å². The number of hydrogen-bond donors (Lipinski definition) is 1. The number of para-hydroxylation sites is 1. The van der Waals surface area contributed by atoms with Gasteiger partial charge in [-0.1, -0.05) is 23.7 Å². The molecule has 182 valence electrons. The molecule has 0 saturated heterocycles. The van der Waals surface area contributed by atoms with Crippen LogP contribution in [-0.4, -0.2) is 34.1 Å². The largest absolute Gasteiger partial charge is 0.483 e. The standard InChI is InChI=1S/C25H22ClFN8O/c1-33-23(7-8-29-33)30-22-12-17(18(26)13-28-22)16-11-20-25-32-31-24(35(25)10-4-9-34(20)14-16)15-36-21-6-3-2-5-19(21)27/h2-3,5-8,11-14H,4,9-10,15H2,1H3,(H,28,30). The van der Waals surface area contributed by atoms with E-state index >= 15 is 0 Å². The van der Waals surface area contributed by atoms with Gasteiger partial charge in [0.05, 0.1) is 16.9 Å². The number of anilines is 2. The van der Waals surface area contributed by atoms with Gasteiger partial charge in [0.25, 0.3) is 0 Å². The number of rotatable bonds is 6. The number of nitrogens with one attached hydrogen (secondary N) is 1. The lowest BCUT2D eigenvalue weighted by Gasteiger charge is -2.09. The highest BCUT2D eigenvalue weighted by Gasteiger charge is 2.22. The van der Waals surface area contributed by atoms with Crippen molar-refractivity contribution in [1.82, 2.24) is 34.1 Å². The molecule has 0 amide bonds. The van der Waals surface area contributed by atoms with Gasteiger partial charge in [0.15, 0.2) is 23.2 Å². The fourth-order valence-corrected chi connectivity index (χ4v) is 4.57. The Morgan fingerprint density at radius 3 is 2.86 bits per heavy atom. The molecule has 6 rings (SSSR count). The van der Waals surface area contributed by atoms with Crippen LogP contribution in [-0.2, 0) is 26.7 Å². The van der Waals surface area contributed by atoms with E-state index in [0.717, 1.165) is 48.0 Å². The molecule has 0 fully saturated rings. The summed E-state index contributed by atoms with van der Waals surface area (Å²) in [4.78, 5) is 4.41. The van der Waals surface area contributed by atoms with Crippen LogP contribution in [0.3, 0.4) is 0 Å². The Kier molecular flexibility index (Phi) is 5.65. The zero-order valence-electron chi connectivity index (χ0n) is 19.4. The fraction of sp³-hybridized carbons (Fsp3) is 0.200. The third-order valence-electron chi connectivity index (χ3n) is 6.17. The van der Waals surface area contributed by atoms with Crippen molar-refractivity contribution in [1.29, 1.82) is 0 Å². The summed E-state index contributed by atoms with van der Waals surface area (Å²) in [6.45, 7) is 1.68. The molecule has 1 aromatic carbocycles. The van der Waals surface area contributed by atoms with Crippen LogP contribution >= 0.6 is 11.6 Å². The lowest BCUT2D eigenvalue weighted by Crippen LogP contribution is -2.08. The van der Waals surface area contributed by atoms with Crippen molar-refractivity contribution in [3.05, 3.63) is 77.7 Å². The van der Waals surface area contributed by atoms with E-state index in [4.69, 9.17) is 16.3 Å². The molecule has 11 heteroatoms. The van der Waals surface area contributed by atoms with Crippen LogP contribution in [0.1, 0.15) is 12.2 Å². The minimum Gasteiger partial charge on any atom is -0.483 e. The maximum Gasteiger partial charge on any atom is 0.180 e. The van der Waals surface area contributed by atoms with E-state index in [-0.39, 0.29) is 12.4 Å². The molecule has 36 heavy (non-hydrogen) atoms. The number of hydrogen-bond acceptors (Lipinski definition) is 6. The fourth-order valence-electron chi connectivity index (χ4n) is 4.36. The topological polar surface area (TPSA) is 87.6 Å². The molecule has 1 aliphatic rings. The first-order valence-corrected chi connectivity index (χ1v) is 11.9. The number of halogens is 2. The van der Waals surface area contributed by atoms with Crippen molar-refractivity contribution >= 4 is 23.2 Å². The van der Waals surface area contributed by atoms with Gasteiger partial charge in [-0.3, -0.25) is 4.68 Å². The van der Waals surface area contributed by atoms with Gasteiger partial charge in [-0.2, -0.15) is 5.10 Å². The molecule has 1 aliphatic heterocycles. The van der Waals surface area contributed by atoms with Gasteiger partial charge in [-0.15, -0.1) is 10.2 Å². The molecule has 9 nitrogen and oxygen atoms in total. The van der Waals surface area contributed by atoms with Crippen molar-refractivity contribution in [2.24, 2.45) is 7.05 Å². The summed E-state index contributed by atoms with van der Waals surface area (Å²) in [5, 5.41) is 16.8. The Morgan fingerprint density at radius 2 is 2.03 bits per heavy atom. The molecule has 5 heterocycles. The van der Waals surface area contributed by atoms with Crippen LogP contribution in [0.5, 0.6) is 5.75 Å². The molecular formula is C25H22ClFN8O. The number of ether oxygens (including phenoxy) is 1. The van der Waals surface area contributed by atoms with Gasteiger partial charge in [0, 0.05) is 49.7 Å². The smallest absolute Gasteiger partial charge is 0.180 e. The van der Waals surface area contributed by atoms with Crippen LogP contribution in [0.15, 0.2) is 61.1 Å². The molecule has 0 radical (unpaired) electrons. The summed E-state index contributed by atoms with van der Waals surface area (Å²) >= 11 is 6.56. The molecule has 4 aromatic heterocycles. The van der Waals surface area contributed by atoms with Crippen LogP contribution in [0, 0.1) is 5.82 Å². The van der Waals surface area contributed by atoms with E-state index < -0.39 is 5.82 Å². The number of benzene rings is 1. The van der Waals surface area contributed by atoms with Crippen LogP contribution in [0.4, 0.5) is 16.0 Å². The minimum absolute atomic E-state index is 0.126. The van der Waals surface area contributed by atoms with Crippen molar-refractivity contribution in [3.63, 3.8) is 0 Å². The molecule has 0 saturated carbocycles. The zero-order valence-corrected chi connectivity index (χ0v) is 20.2. The van der Waals surface area contributed by atoms with Crippen molar-refractivity contribution in [2.45, 2.75) is 26.1 Å². The Hall–Kier alpha value is -4.18. The monoisotopic (exact) mass is 504 g/mol. The highest BCUT2D eigenvalue weighted by atomic mass is 35.5. The maximum absolute atomic E-state index is 14.0. The summed E-state index contributed by atoms with van der Waals surface area (Å²) in [6, 6.07) is 12.2. The average molecular weight is 505 g/mol. The number of aromatic nitrogens is 7. The summed E-state index contributed by atoms with van der Waals surface area (Å²) in [6.07, 6.45) is 6.31. The first-order valence-electron chi connectivity index (χ1n) is 11.5. The molecule has 0 spiro atoms. The average Bonchev–Trinajstić information content (AvgIpc) is 3.56. The van der Waals surface area contributed by atoms with Crippen LogP contribution in [0.25, 0.3) is 22.6 Å². The summed E-state index contributed by atoms with van der Waals surface area (Å²) < 4.78 is 25.6. The zero-order chi connectivity index (χ0) is 24.6. The molecule has 5 aromatic rings. The molecule has 0 atom stereocenters. The number of aryl methyl sites for hydroxylation is 2. The van der Waals surface area contributed by atoms with Gasteiger partial charge in [0.2, 0.25) is 0 Å². The highest BCUT2D eigenvalue weighted by Crippen LogP contribution is 2.35. The second-order valence-corrected chi connectivity index (χ2v) is 8.89. The van der Waals surface area contributed by atoms with Crippen molar-refractivity contribution in [3.8, 4) is 28.4 Å². The molecule has 0 unspecified atom stereocenters. The van der Waals surface area contributed by atoms with E-state index in [1.807, 2.05) is 23.7 Å². The Balaban J connectivity index is 1.30. The third kappa shape index (κ3) is 4.09. The van der Waals surface area contributed by atoms with Crippen molar-refractivity contribution in [2.75, 3.05) is 5.32 Å². The second kappa shape index (κ2) is 9.12. The van der Waals surface area contributed by atoms with Gasteiger partial charge in [-0.25, -0.2) is 9.37 Å². The SMILES string of the molecule is Cn1nccc1Nc1cc(-c2cc3n(c2)CCCn2c(COc4ccccc4F)nnc2-3)c(Cl)cn1. The van der Waals surface area contributed by atoms with Crippen LogP contribution in [0.2, 0.25) is 5.02 Å². The van der Waals surface area contributed by atoms with Crippen molar-refractivity contribution < 1.29 is 9.13 Å². The summed E-state index contributed by atoms with van der Waals surface area (Å²) in [5.41, 5.74) is 2.73. The van der Waals surface area contributed by atoms with E-state index in [0.29, 0.717) is 16.7 Å². The van der Waals surface area contributed by atoms with E-state index in [1.165, 1.54) is 6.07 Å². The lowest BCUT2D eigenvalue weighted by molar-refractivity contribution is 0.274. The van der Waals surface area contributed by atoms with Gasteiger partial charge in [-0.05, 0) is 30.7 Å². The molecule has 0 bridgehead atoms. The highest BCUT2D eigenvalue weighted by molar-refractivity contribution is 6.33. The predicted octanol–water partition coefficient (Wildman–Crippen LogP) is 5.06. The third-order valence-corrected chi connectivity index (χ3v) is 6.47. The molecule has 1 N–H and O–H groups in total. The Morgan fingerprint density at radius 1 is 1.14 bits per heavy atom. The summed E-state index contributed by atoms with van der Waals surface area (Å²) in [7, 11) is 1.86. The van der Waals surface area contributed by atoms with Crippen LogP contribution < -0.4 is 10.1 Å².